The standard InChI is InChI=1S/C10H9F3S/c1-6-4-7-2-3-8(10(11,12)13)5-9(7)14-6/h2-3,5-6H,4H2,1H3. The summed E-state index contributed by atoms with van der Waals surface area (Å²) >= 11 is 1.52. The van der Waals surface area contributed by atoms with Gasteiger partial charge in [-0.05, 0) is 24.1 Å². The second-order valence-electron chi connectivity index (χ2n) is 3.45. The Balaban J connectivity index is 2.38. The molecular weight excluding hydrogens is 209 g/mol. The number of hydrogen-bond acceptors (Lipinski definition) is 1. The first-order valence-electron chi connectivity index (χ1n) is 4.33. The fourth-order valence-corrected chi connectivity index (χ4v) is 2.77. The first kappa shape index (κ1) is 9.90. The van der Waals surface area contributed by atoms with E-state index in [0.717, 1.165) is 22.9 Å². The van der Waals surface area contributed by atoms with Crippen molar-refractivity contribution in [2.24, 2.45) is 0 Å². The van der Waals surface area contributed by atoms with E-state index < -0.39 is 11.7 Å². The van der Waals surface area contributed by atoms with Gasteiger partial charge in [0.25, 0.3) is 0 Å². The van der Waals surface area contributed by atoms with Crippen molar-refractivity contribution in [3.63, 3.8) is 0 Å². The molecule has 14 heavy (non-hydrogen) atoms. The molecule has 1 atom stereocenters. The van der Waals surface area contributed by atoms with Crippen LogP contribution in [0.3, 0.4) is 0 Å². The third-order valence-electron chi connectivity index (χ3n) is 2.23. The van der Waals surface area contributed by atoms with Gasteiger partial charge in [0.15, 0.2) is 0 Å². The van der Waals surface area contributed by atoms with Gasteiger partial charge in [0.05, 0.1) is 5.56 Å². The highest BCUT2D eigenvalue weighted by atomic mass is 32.2. The van der Waals surface area contributed by atoms with Crippen LogP contribution in [0.25, 0.3) is 0 Å². The molecule has 1 unspecified atom stereocenters. The van der Waals surface area contributed by atoms with E-state index in [1.54, 1.807) is 6.07 Å². The molecule has 0 saturated heterocycles. The van der Waals surface area contributed by atoms with Gasteiger partial charge in [0.2, 0.25) is 0 Å². The minimum absolute atomic E-state index is 0.397. The van der Waals surface area contributed by atoms with Gasteiger partial charge in [-0.2, -0.15) is 13.2 Å². The van der Waals surface area contributed by atoms with Crippen molar-refractivity contribution >= 4 is 11.8 Å². The molecule has 0 fully saturated rings. The van der Waals surface area contributed by atoms with Crippen LogP contribution >= 0.6 is 11.8 Å². The number of thioether (sulfide) groups is 1. The van der Waals surface area contributed by atoms with Gasteiger partial charge < -0.3 is 0 Å². The Morgan fingerprint density at radius 2 is 2.07 bits per heavy atom. The van der Waals surface area contributed by atoms with E-state index in [9.17, 15) is 13.2 Å². The fourth-order valence-electron chi connectivity index (χ4n) is 1.58. The molecule has 1 aliphatic heterocycles. The number of alkyl halides is 3. The normalized spacial score (nSPS) is 21.0. The van der Waals surface area contributed by atoms with Crippen LogP contribution in [0.4, 0.5) is 13.2 Å². The number of benzene rings is 1. The Kier molecular flexibility index (Phi) is 2.26. The van der Waals surface area contributed by atoms with Gasteiger partial charge in [-0.25, -0.2) is 0 Å². The van der Waals surface area contributed by atoms with Gasteiger partial charge in [0, 0.05) is 10.1 Å². The second-order valence-corrected chi connectivity index (χ2v) is 4.93. The van der Waals surface area contributed by atoms with E-state index in [2.05, 4.69) is 0 Å². The zero-order valence-corrected chi connectivity index (χ0v) is 8.38. The maximum Gasteiger partial charge on any atom is 0.416 e. The quantitative estimate of drug-likeness (QED) is 0.639. The largest absolute Gasteiger partial charge is 0.416 e. The van der Waals surface area contributed by atoms with E-state index in [1.165, 1.54) is 17.8 Å². The van der Waals surface area contributed by atoms with Crippen LogP contribution in [-0.2, 0) is 12.6 Å². The summed E-state index contributed by atoms with van der Waals surface area (Å²) in [7, 11) is 0. The molecule has 0 saturated carbocycles. The van der Waals surface area contributed by atoms with Crippen molar-refractivity contribution in [3.8, 4) is 0 Å². The summed E-state index contributed by atoms with van der Waals surface area (Å²) in [5.74, 6) is 0. The summed E-state index contributed by atoms with van der Waals surface area (Å²) in [6, 6.07) is 4.01. The lowest BCUT2D eigenvalue weighted by molar-refractivity contribution is -0.137. The van der Waals surface area contributed by atoms with Crippen LogP contribution in [0.5, 0.6) is 0 Å². The van der Waals surface area contributed by atoms with Crippen LogP contribution in [-0.4, -0.2) is 5.25 Å². The van der Waals surface area contributed by atoms with Crippen molar-refractivity contribution in [2.45, 2.75) is 29.7 Å². The maximum atomic E-state index is 12.3. The zero-order chi connectivity index (χ0) is 10.3. The summed E-state index contributed by atoms with van der Waals surface area (Å²) in [6.45, 7) is 2.03. The highest BCUT2D eigenvalue weighted by Crippen LogP contribution is 2.40. The fraction of sp³-hybridized carbons (Fsp3) is 0.400. The van der Waals surface area contributed by atoms with Crippen molar-refractivity contribution in [2.75, 3.05) is 0 Å². The number of rotatable bonds is 0. The summed E-state index contributed by atoms with van der Waals surface area (Å²) in [6.07, 6.45) is -3.35. The number of halogens is 3. The molecule has 0 nitrogen and oxygen atoms in total. The van der Waals surface area contributed by atoms with Crippen LogP contribution < -0.4 is 0 Å². The maximum absolute atomic E-state index is 12.3. The minimum Gasteiger partial charge on any atom is -0.166 e. The van der Waals surface area contributed by atoms with Crippen molar-refractivity contribution in [1.82, 2.24) is 0 Å². The number of hydrogen-bond donors (Lipinski definition) is 0. The Bertz CT molecular complexity index is 357. The predicted octanol–water partition coefficient (Wildman–Crippen LogP) is 3.74. The van der Waals surface area contributed by atoms with Gasteiger partial charge in [-0.15, -0.1) is 11.8 Å². The highest BCUT2D eigenvalue weighted by Gasteiger charge is 2.32. The minimum atomic E-state index is -4.22. The van der Waals surface area contributed by atoms with E-state index in [4.69, 9.17) is 0 Å². The zero-order valence-electron chi connectivity index (χ0n) is 7.56. The lowest BCUT2D eigenvalue weighted by Gasteiger charge is -2.07. The smallest absolute Gasteiger partial charge is 0.166 e. The topological polar surface area (TPSA) is 0 Å². The SMILES string of the molecule is CC1Cc2ccc(C(F)(F)F)cc2S1. The third kappa shape index (κ3) is 1.75. The molecule has 1 aromatic rings. The first-order valence-corrected chi connectivity index (χ1v) is 5.21. The lowest BCUT2D eigenvalue weighted by atomic mass is 10.1. The van der Waals surface area contributed by atoms with Crippen molar-refractivity contribution in [3.05, 3.63) is 29.3 Å². The second kappa shape index (κ2) is 3.19. The monoisotopic (exact) mass is 218 g/mol. The molecule has 76 valence electrons. The molecular formula is C10H9F3S. The highest BCUT2D eigenvalue weighted by molar-refractivity contribution is 8.00. The van der Waals surface area contributed by atoms with Gasteiger partial charge in [-0.1, -0.05) is 13.0 Å². The van der Waals surface area contributed by atoms with E-state index in [-0.39, 0.29) is 0 Å². The molecule has 0 amide bonds. The molecule has 0 N–H and O–H groups in total. The van der Waals surface area contributed by atoms with Crippen molar-refractivity contribution in [1.29, 1.82) is 0 Å². The van der Waals surface area contributed by atoms with Crippen LogP contribution in [0.1, 0.15) is 18.1 Å². The Morgan fingerprint density at radius 3 is 2.71 bits per heavy atom. The van der Waals surface area contributed by atoms with Gasteiger partial charge in [-0.3, -0.25) is 0 Å². The summed E-state index contributed by atoms with van der Waals surface area (Å²) in [5, 5.41) is 0.397. The Labute approximate surface area is 84.5 Å². The summed E-state index contributed by atoms with van der Waals surface area (Å²) in [5.41, 5.74) is 0.494. The predicted molar refractivity (Wildman–Crippen MR) is 50.5 cm³/mol. The molecule has 0 spiro atoms. The Hall–Kier alpha value is -0.640. The summed E-state index contributed by atoms with van der Waals surface area (Å²) in [4.78, 5) is 0.785. The van der Waals surface area contributed by atoms with Gasteiger partial charge in [0.1, 0.15) is 0 Å². The Morgan fingerprint density at radius 1 is 1.36 bits per heavy atom. The van der Waals surface area contributed by atoms with E-state index in [0.29, 0.717) is 5.25 Å². The van der Waals surface area contributed by atoms with Crippen LogP contribution in [0.2, 0.25) is 0 Å². The molecule has 4 heteroatoms. The van der Waals surface area contributed by atoms with E-state index >= 15 is 0 Å². The molecule has 2 rings (SSSR count). The molecule has 0 aromatic heterocycles. The van der Waals surface area contributed by atoms with Crippen molar-refractivity contribution < 1.29 is 13.2 Å². The molecule has 1 aliphatic rings. The molecule has 0 aliphatic carbocycles. The third-order valence-corrected chi connectivity index (χ3v) is 3.43. The van der Waals surface area contributed by atoms with Crippen LogP contribution in [0, 0.1) is 0 Å². The average Bonchev–Trinajstić information content (AvgIpc) is 2.41. The average molecular weight is 218 g/mol. The van der Waals surface area contributed by atoms with Crippen LogP contribution in [0.15, 0.2) is 23.1 Å². The van der Waals surface area contributed by atoms with Gasteiger partial charge >= 0.3 is 6.18 Å². The molecule has 1 aromatic carbocycles. The molecule has 0 bridgehead atoms. The van der Waals surface area contributed by atoms with E-state index in [1.807, 2.05) is 6.92 Å². The summed E-state index contributed by atoms with van der Waals surface area (Å²) < 4.78 is 37.0. The number of fused-ring (bicyclic) bond motifs is 1. The first-order chi connectivity index (χ1) is 6.47. The molecule has 1 heterocycles. The molecule has 0 radical (unpaired) electrons. The lowest BCUT2D eigenvalue weighted by Crippen LogP contribution is -2.04.